The van der Waals surface area contributed by atoms with E-state index in [-0.39, 0.29) is 11.5 Å². The van der Waals surface area contributed by atoms with Crippen molar-refractivity contribution < 1.29 is 4.79 Å². The smallest absolute Gasteiger partial charge is 0.263 e. The van der Waals surface area contributed by atoms with E-state index in [1.807, 2.05) is 22.9 Å². The maximum absolute atomic E-state index is 13.1. The van der Waals surface area contributed by atoms with Crippen molar-refractivity contribution in [2.24, 2.45) is 0 Å². The minimum Gasteiger partial charge on any atom is -0.356 e. The molecule has 0 unspecified atom stereocenters. The minimum absolute atomic E-state index is 0.0448. The molecule has 0 aliphatic heterocycles. The molecule has 3 rings (SSSR count). The van der Waals surface area contributed by atoms with Crippen LogP contribution in [0.25, 0.3) is 20.7 Å². The molecule has 3 aromatic rings. The summed E-state index contributed by atoms with van der Waals surface area (Å²) in [6, 6.07) is 3.99. The number of aromatic nitrogens is 2. The van der Waals surface area contributed by atoms with Crippen molar-refractivity contribution in [3.05, 3.63) is 45.9 Å². The Labute approximate surface area is 157 Å². The first-order valence-electron chi connectivity index (χ1n) is 7.66. The van der Waals surface area contributed by atoms with Crippen LogP contribution < -0.4 is 10.9 Å². The summed E-state index contributed by atoms with van der Waals surface area (Å²) in [5.74, 6) is 0.587. The van der Waals surface area contributed by atoms with E-state index in [1.165, 1.54) is 30.0 Å². The van der Waals surface area contributed by atoms with Gasteiger partial charge in [-0.2, -0.15) is 0 Å². The number of carbonyl (C=O) groups excluding carboxylic acids is 1. The van der Waals surface area contributed by atoms with Gasteiger partial charge in [-0.15, -0.1) is 29.3 Å². The molecule has 0 aromatic carbocycles. The third-order valence-electron chi connectivity index (χ3n) is 3.46. The van der Waals surface area contributed by atoms with Crippen LogP contribution in [0.15, 0.2) is 45.5 Å². The number of hydrogen-bond acceptors (Lipinski definition) is 6. The third-order valence-corrected chi connectivity index (χ3v) is 6.22. The summed E-state index contributed by atoms with van der Waals surface area (Å²) in [6.07, 6.45) is 1.70. The van der Waals surface area contributed by atoms with Gasteiger partial charge in [-0.05, 0) is 11.4 Å². The van der Waals surface area contributed by atoms with Crippen molar-refractivity contribution >= 4 is 50.6 Å². The van der Waals surface area contributed by atoms with Crippen LogP contribution in [0, 0.1) is 0 Å². The molecule has 3 heterocycles. The van der Waals surface area contributed by atoms with Crippen molar-refractivity contribution in [2.75, 3.05) is 12.3 Å². The van der Waals surface area contributed by atoms with Crippen molar-refractivity contribution in [3.8, 4) is 10.4 Å². The second-order valence-corrected chi connectivity index (χ2v) is 8.10. The summed E-state index contributed by atoms with van der Waals surface area (Å²) in [6.45, 7) is 6.18. The van der Waals surface area contributed by atoms with Crippen LogP contribution in [0.2, 0.25) is 0 Å². The number of thiophene rings is 2. The van der Waals surface area contributed by atoms with Crippen molar-refractivity contribution in [1.29, 1.82) is 0 Å². The highest BCUT2D eigenvalue weighted by Crippen LogP contribution is 2.34. The lowest BCUT2D eigenvalue weighted by atomic mass is 10.2. The summed E-state index contributed by atoms with van der Waals surface area (Å²) in [5, 5.41) is 8.07. The lowest BCUT2D eigenvalue weighted by Crippen LogP contribution is -2.25. The number of allylic oxidation sites excluding steroid dienone is 1. The number of carbonyl (C=O) groups is 1. The third kappa shape index (κ3) is 3.86. The summed E-state index contributed by atoms with van der Waals surface area (Å²) < 4.78 is 1.65. The molecule has 3 aromatic heterocycles. The summed E-state index contributed by atoms with van der Waals surface area (Å²) >= 11 is 4.56. The Bertz CT molecular complexity index is 958. The fourth-order valence-corrected chi connectivity index (χ4v) is 5.05. The number of amides is 1. The standard InChI is InChI=1S/C17H17N3O2S3/c1-3-7-20-16(22)14-12(13-5-4-8-23-13)10-25-15(14)19-17(20)24-9-6-18-11(2)21/h3-5,8,10H,1,6-7,9H2,2H3,(H,18,21). The van der Waals surface area contributed by atoms with E-state index in [1.54, 1.807) is 22.0 Å². The molecule has 0 atom stereocenters. The Balaban J connectivity index is 2.00. The largest absolute Gasteiger partial charge is 0.356 e. The molecule has 0 saturated carbocycles. The summed E-state index contributed by atoms with van der Waals surface area (Å²) in [7, 11) is 0. The predicted octanol–water partition coefficient (Wildman–Crippen LogP) is 3.60. The molecule has 5 nitrogen and oxygen atoms in total. The molecular formula is C17H17N3O2S3. The average Bonchev–Trinajstić information content (AvgIpc) is 3.23. The molecule has 0 radical (unpaired) electrons. The van der Waals surface area contributed by atoms with Crippen LogP contribution in [0.1, 0.15) is 6.92 Å². The van der Waals surface area contributed by atoms with E-state index in [4.69, 9.17) is 4.98 Å². The molecule has 8 heteroatoms. The molecule has 130 valence electrons. The Morgan fingerprint density at radius 3 is 3.00 bits per heavy atom. The van der Waals surface area contributed by atoms with Gasteiger partial charge in [0.1, 0.15) is 4.83 Å². The highest BCUT2D eigenvalue weighted by molar-refractivity contribution is 7.99. The Kier molecular flexibility index (Phi) is 5.72. The lowest BCUT2D eigenvalue weighted by molar-refractivity contribution is -0.118. The Morgan fingerprint density at radius 2 is 2.32 bits per heavy atom. The average molecular weight is 392 g/mol. The molecule has 1 N–H and O–H groups in total. The summed E-state index contributed by atoms with van der Waals surface area (Å²) in [5.41, 5.74) is 0.900. The number of nitrogens with one attached hydrogen (secondary N) is 1. The first-order chi connectivity index (χ1) is 12.1. The van der Waals surface area contributed by atoms with Crippen LogP contribution in [0.5, 0.6) is 0 Å². The number of nitrogens with zero attached hydrogens (tertiary/aromatic N) is 2. The highest BCUT2D eigenvalue weighted by atomic mass is 32.2. The summed E-state index contributed by atoms with van der Waals surface area (Å²) in [4.78, 5) is 30.5. The molecule has 1 amide bonds. The van der Waals surface area contributed by atoms with Gasteiger partial charge in [-0.1, -0.05) is 23.9 Å². The maximum atomic E-state index is 13.1. The number of rotatable bonds is 7. The zero-order valence-electron chi connectivity index (χ0n) is 13.7. The fraction of sp³-hybridized carbons (Fsp3) is 0.235. The normalized spacial score (nSPS) is 10.9. The van der Waals surface area contributed by atoms with E-state index in [0.29, 0.717) is 29.4 Å². The monoisotopic (exact) mass is 391 g/mol. The topological polar surface area (TPSA) is 64.0 Å². The molecule has 0 aliphatic carbocycles. The number of fused-ring (bicyclic) bond motifs is 1. The molecule has 0 aliphatic rings. The van der Waals surface area contributed by atoms with E-state index >= 15 is 0 Å². The molecule has 0 spiro atoms. The van der Waals surface area contributed by atoms with E-state index in [9.17, 15) is 9.59 Å². The van der Waals surface area contributed by atoms with Gasteiger partial charge in [0.2, 0.25) is 5.91 Å². The Hall–Kier alpha value is -1.90. The van der Waals surface area contributed by atoms with Gasteiger partial charge in [0, 0.05) is 41.6 Å². The second-order valence-electron chi connectivity index (χ2n) is 5.24. The van der Waals surface area contributed by atoms with E-state index in [2.05, 4.69) is 11.9 Å². The molecule has 0 saturated heterocycles. The predicted molar refractivity (Wildman–Crippen MR) is 107 cm³/mol. The zero-order chi connectivity index (χ0) is 17.8. The van der Waals surface area contributed by atoms with Crippen LogP contribution >= 0.6 is 34.4 Å². The van der Waals surface area contributed by atoms with Crippen molar-refractivity contribution in [1.82, 2.24) is 14.9 Å². The zero-order valence-corrected chi connectivity index (χ0v) is 16.1. The van der Waals surface area contributed by atoms with Crippen LogP contribution in [0.3, 0.4) is 0 Å². The van der Waals surface area contributed by atoms with Crippen LogP contribution in [-0.4, -0.2) is 27.8 Å². The van der Waals surface area contributed by atoms with Gasteiger partial charge in [0.05, 0.1) is 5.39 Å². The van der Waals surface area contributed by atoms with Gasteiger partial charge in [-0.3, -0.25) is 14.2 Å². The second kappa shape index (κ2) is 7.99. The van der Waals surface area contributed by atoms with E-state index in [0.717, 1.165) is 15.3 Å². The molecule has 25 heavy (non-hydrogen) atoms. The van der Waals surface area contributed by atoms with Crippen molar-refractivity contribution in [3.63, 3.8) is 0 Å². The van der Waals surface area contributed by atoms with Gasteiger partial charge in [-0.25, -0.2) is 4.98 Å². The SMILES string of the molecule is C=CCn1c(SCCNC(C)=O)nc2scc(-c3cccs3)c2c1=O. The van der Waals surface area contributed by atoms with Gasteiger partial charge in [0.25, 0.3) is 5.56 Å². The van der Waals surface area contributed by atoms with Crippen LogP contribution in [-0.2, 0) is 11.3 Å². The molecular weight excluding hydrogens is 374 g/mol. The highest BCUT2D eigenvalue weighted by Gasteiger charge is 2.17. The first kappa shape index (κ1) is 17.9. The lowest BCUT2D eigenvalue weighted by Gasteiger charge is -2.10. The molecule has 0 fully saturated rings. The van der Waals surface area contributed by atoms with Gasteiger partial charge >= 0.3 is 0 Å². The van der Waals surface area contributed by atoms with Gasteiger partial charge < -0.3 is 5.32 Å². The molecule has 0 bridgehead atoms. The Morgan fingerprint density at radius 1 is 1.48 bits per heavy atom. The quantitative estimate of drug-likeness (QED) is 0.289. The fourth-order valence-electron chi connectivity index (χ4n) is 2.39. The minimum atomic E-state index is -0.0636. The van der Waals surface area contributed by atoms with Gasteiger partial charge in [0.15, 0.2) is 5.16 Å². The first-order valence-corrected chi connectivity index (χ1v) is 10.4. The number of thioether (sulfide) groups is 1. The van der Waals surface area contributed by atoms with E-state index < -0.39 is 0 Å². The number of hydrogen-bond donors (Lipinski definition) is 1. The van der Waals surface area contributed by atoms with Crippen LogP contribution in [0.4, 0.5) is 0 Å². The maximum Gasteiger partial charge on any atom is 0.263 e. The van der Waals surface area contributed by atoms with Crippen molar-refractivity contribution in [2.45, 2.75) is 18.6 Å².